The molecule has 5 nitrogen and oxygen atoms in total. The summed E-state index contributed by atoms with van der Waals surface area (Å²) in [6, 6.07) is 16.3. The molecule has 24 heavy (non-hydrogen) atoms. The quantitative estimate of drug-likeness (QED) is 0.787. The average molecular weight is 327 g/mol. The highest BCUT2D eigenvalue weighted by atomic mass is 16.5. The fourth-order valence-electron chi connectivity index (χ4n) is 2.98. The van der Waals surface area contributed by atoms with E-state index >= 15 is 0 Å². The predicted octanol–water partition coefficient (Wildman–Crippen LogP) is 2.34. The minimum Gasteiger partial charge on any atom is -0.457 e. The zero-order valence-corrected chi connectivity index (χ0v) is 13.3. The SMILES string of the molecule is O=C(N[C@H]1C[C@H](CO)[C@H](O)C1)c1ccc(Oc2ccccc2)cc1. The normalized spacial score (nSPS) is 23.0. The van der Waals surface area contributed by atoms with Crippen molar-refractivity contribution in [2.24, 2.45) is 5.92 Å². The lowest BCUT2D eigenvalue weighted by molar-refractivity contribution is 0.0903. The van der Waals surface area contributed by atoms with Crippen molar-refractivity contribution in [3.8, 4) is 11.5 Å². The minimum atomic E-state index is -0.554. The third-order valence-electron chi connectivity index (χ3n) is 4.32. The number of hydrogen-bond acceptors (Lipinski definition) is 4. The lowest BCUT2D eigenvalue weighted by atomic mass is 10.1. The molecule has 1 fully saturated rings. The number of benzene rings is 2. The highest BCUT2D eigenvalue weighted by molar-refractivity contribution is 5.94. The summed E-state index contributed by atoms with van der Waals surface area (Å²) in [7, 11) is 0. The molecule has 0 bridgehead atoms. The van der Waals surface area contributed by atoms with Crippen LogP contribution in [0.5, 0.6) is 11.5 Å². The van der Waals surface area contributed by atoms with Crippen molar-refractivity contribution in [1.82, 2.24) is 5.32 Å². The average Bonchev–Trinajstić information content (AvgIpc) is 2.96. The van der Waals surface area contributed by atoms with Gasteiger partial charge in [0.25, 0.3) is 5.91 Å². The van der Waals surface area contributed by atoms with Crippen molar-refractivity contribution in [3.63, 3.8) is 0 Å². The van der Waals surface area contributed by atoms with Crippen LogP contribution >= 0.6 is 0 Å². The maximum absolute atomic E-state index is 12.3. The van der Waals surface area contributed by atoms with E-state index in [4.69, 9.17) is 4.74 Å². The molecule has 5 heteroatoms. The number of rotatable bonds is 5. The minimum absolute atomic E-state index is 0.0565. The fourth-order valence-corrected chi connectivity index (χ4v) is 2.98. The van der Waals surface area contributed by atoms with Crippen LogP contribution in [0.4, 0.5) is 0 Å². The second kappa shape index (κ2) is 7.47. The Labute approximate surface area is 140 Å². The Morgan fingerprint density at radius 2 is 1.71 bits per heavy atom. The van der Waals surface area contributed by atoms with E-state index < -0.39 is 6.10 Å². The number of aliphatic hydroxyl groups is 2. The molecular formula is C19H21NO4. The van der Waals surface area contributed by atoms with Crippen molar-refractivity contribution in [2.75, 3.05) is 6.61 Å². The van der Waals surface area contributed by atoms with Crippen LogP contribution in [0.2, 0.25) is 0 Å². The van der Waals surface area contributed by atoms with Gasteiger partial charge in [-0.1, -0.05) is 18.2 Å². The van der Waals surface area contributed by atoms with E-state index in [0.29, 0.717) is 24.2 Å². The Balaban J connectivity index is 1.58. The van der Waals surface area contributed by atoms with Crippen molar-refractivity contribution < 1.29 is 19.7 Å². The second-order valence-electron chi connectivity index (χ2n) is 6.09. The Kier molecular flexibility index (Phi) is 5.13. The lowest BCUT2D eigenvalue weighted by Crippen LogP contribution is -2.33. The molecule has 0 aliphatic heterocycles. The first-order chi connectivity index (χ1) is 11.7. The Morgan fingerprint density at radius 3 is 2.33 bits per heavy atom. The summed E-state index contributed by atoms with van der Waals surface area (Å²) in [5.41, 5.74) is 0.539. The van der Waals surface area contributed by atoms with Crippen LogP contribution in [-0.4, -0.2) is 34.9 Å². The van der Waals surface area contributed by atoms with Gasteiger partial charge in [-0.05, 0) is 49.2 Å². The number of carbonyl (C=O) groups is 1. The molecule has 126 valence electrons. The van der Waals surface area contributed by atoms with Gasteiger partial charge in [-0.2, -0.15) is 0 Å². The Bertz CT molecular complexity index is 672. The van der Waals surface area contributed by atoms with Gasteiger partial charge in [0.2, 0.25) is 0 Å². The summed E-state index contributed by atoms with van der Waals surface area (Å²) in [5, 5.41) is 21.9. The van der Waals surface area contributed by atoms with E-state index in [9.17, 15) is 15.0 Å². The highest BCUT2D eigenvalue weighted by Gasteiger charge is 2.33. The summed E-state index contributed by atoms with van der Waals surface area (Å²) in [6.07, 6.45) is 0.520. The number of nitrogens with one attached hydrogen (secondary N) is 1. The van der Waals surface area contributed by atoms with Gasteiger partial charge in [-0.25, -0.2) is 0 Å². The number of aliphatic hydroxyl groups excluding tert-OH is 2. The van der Waals surface area contributed by atoms with Gasteiger partial charge < -0.3 is 20.3 Å². The molecule has 0 radical (unpaired) electrons. The first-order valence-corrected chi connectivity index (χ1v) is 8.08. The molecule has 3 N–H and O–H groups in total. The summed E-state index contributed by atoms with van der Waals surface area (Å²) >= 11 is 0. The third kappa shape index (κ3) is 3.93. The number of hydrogen-bond donors (Lipinski definition) is 3. The van der Waals surface area contributed by atoms with E-state index in [1.165, 1.54) is 0 Å². The molecule has 0 unspecified atom stereocenters. The fraction of sp³-hybridized carbons (Fsp3) is 0.316. The first kappa shape index (κ1) is 16.5. The standard InChI is InChI=1S/C19H21NO4/c21-12-14-10-15(11-18(14)22)20-19(23)13-6-8-17(9-7-13)24-16-4-2-1-3-5-16/h1-9,14-15,18,21-22H,10-12H2,(H,20,23)/t14-,15+,18-/m1/s1. The lowest BCUT2D eigenvalue weighted by Gasteiger charge is -2.13. The van der Waals surface area contributed by atoms with E-state index in [0.717, 1.165) is 5.75 Å². The van der Waals surface area contributed by atoms with Crippen molar-refractivity contribution in [3.05, 3.63) is 60.2 Å². The summed E-state index contributed by atoms with van der Waals surface area (Å²) in [5.74, 6) is 1.06. The molecule has 3 rings (SSSR count). The molecule has 1 saturated carbocycles. The summed E-state index contributed by atoms with van der Waals surface area (Å²) in [6.45, 7) is -0.0565. The zero-order valence-electron chi connectivity index (χ0n) is 13.3. The highest BCUT2D eigenvalue weighted by Crippen LogP contribution is 2.26. The third-order valence-corrected chi connectivity index (χ3v) is 4.32. The molecule has 1 aliphatic carbocycles. The topological polar surface area (TPSA) is 78.8 Å². The van der Waals surface area contributed by atoms with Gasteiger partial charge in [0.05, 0.1) is 6.10 Å². The van der Waals surface area contributed by atoms with Crippen LogP contribution < -0.4 is 10.1 Å². The molecule has 0 heterocycles. The predicted molar refractivity (Wildman–Crippen MR) is 90.0 cm³/mol. The van der Waals surface area contributed by atoms with E-state index in [2.05, 4.69) is 5.32 Å². The number of amides is 1. The second-order valence-corrected chi connectivity index (χ2v) is 6.09. The molecule has 2 aromatic rings. The van der Waals surface area contributed by atoms with Crippen LogP contribution in [0.25, 0.3) is 0 Å². The molecule has 1 amide bonds. The zero-order chi connectivity index (χ0) is 16.9. The van der Waals surface area contributed by atoms with Crippen LogP contribution in [0, 0.1) is 5.92 Å². The Hall–Kier alpha value is -2.37. The molecule has 3 atom stereocenters. The van der Waals surface area contributed by atoms with E-state index in [1.807, 2.05) is 30.3 Å². The van der Waals surface area contributed by atoms with Gasteiger partial charge in [0.15, 0.2) is 0 Å². The van der Waals surface area contributed by atoms with E-state index in [-0.39, 0.29) is 24.5 Å². The summed E-state index contributed by atoms with van der Waals surface area (Å²) in [4.78, 5) is 12.3. The monoisotopic (exact) mass is 327 g/mol. The van der Waals surface area contributed by atoms with Gasteiger partial charge in [0.1, 0.15) is 11.5 Å². The molecule has 0 saturated heterocycles. The smallest absolute Gasteiger partial charge is 0.251 e. The van der Waals surface area contributed by atoms with Crippen molar-refractivity contribution in [2.45, 2.75) is 25.0 Å². The molecule has 0 aromatic heterocycles. The maximum Gasteiger partial charge on any atom is 0.251 e. The maximum atomic E-state index is 12.3. The molecular weight excluding hydrogens is 306 g/mol. The van der Waals surface area contributed by atoms with Gasteiger partial charge in [-0.3, -0.25) is 4.79 Å². The number of ether oxygens (including phenoxy) is 1. The van der Waals surface area contributed by atoms with E-state index in [1.54, 1.807) is 24.3 Å². The number of carbonyl (C=O) groups excluding carboxylic acids is 1. The summed E-state index contributed by atoms with van der Waals surface area (Å²) < 4.78 is 5.70. The largest absolute Gasteiger partial charge is 0.457 e. The Morgan fingerprint density at radius 1 is 1.04 bits per heavy atom. The van der Waals surface area contributed by atoms with Crippen LogP contribution in [0.1, 0.15) is 23.2 Å². The molecule has 1 aliphatic rings. The molecule has 2 aromatic carbocycles. The van der Waals surface area contributed by atoms with Crippen molar-refractivity contribution >= 4 is 5.91 Å². The van der Waals surface area contributed by atoms with Gasteiger partial charge >= 0.3 is 0 Å². The van der Waals surface area contributed by atoms with Gasteiger partial charge in [-0.15, -0.1) is 0 Å². The van der Waals surface area contributed by atoms with Crippen LogP contribution in [0.3, 0.4) is 0 Å². The van der Waals surface area contributed by atoms with Gasteiger partial charge in [0, 0.05) is 24.1 Å². The van der Waals surface area contributed by atoms with Crippen LogP contribution in [0.15, 0.2) is 54.6 Å². The first-order valence-electron chi connectivity index (χ1n) is 8.08. The van der Waals surface area contributed by atoms with Crippen LogP contribution in [-0.2, 0) is 0 Å². The molecule has 0 spiro atoms. The number of para-hydroxylation sites is 1. The van der Waals surface area contributed by atoms with Crippen molar-refractivity contribution in [1.29, 1.82) is 0 Å².